The Balaban J connectivity index is 3.02. The Kier molecular flexibility index (Phi) is 2.60. The molecule has 1 rings (SSSR count). The van der Waals surface area contributed by atoms with Crippen molar-refractivity contribution in [1.29, 1.82) is 0 Å². The Bertz CT molecular complexity index is 226. The van der Waals surface area contributed by atoms with Crippen molar-refractivity contribution >= 4 is 23.0 Å². The van der Waals surface area contributed by atoms with E-state index in [1.807, 2.05) is 32.3 Å². The fourth-order valence-corrected chi connectivity index (χ4v) is 1.11. The molecule has 11 heavy (non-hydrogen) atoms. The van der Waals surface area contributed by atoms with E-state index in [1.165, 1.54) is 0 Å². The quantitative estimate of drug-likeness (QED) is 0.713. The molecule has 0 bridgehead atoms. The Morgan fingerprint density at radius 2 is 1.45 bits per heavy atom. The monoisotopic (exact) mass is 170 g/mol. The second kappa shape index (κ2) is 3.49. The van der Waals surface area contributed by atoms with E-state index in [2.05, 4.69) is 10.6 Å². The number of rotatable bonds is 2. The van der Waals surface area contributed by atoms with Crippen LogP contribution in [-0.2, 0) is 0 Å². The summed E-state index contributed by atoms with van der Waals surface area (Å²) in [6.45, 7) is 0. The molecule has 0 spiro atoms. The van der Waals surface area contributed by atoms with E-state index < -0.39 is 0 Å². The molecule has 3 heteroatoms. The Labute approximate surface area is 71.6 Å². The number of halogens is 1. The van der Waals surface area contributed by atoms with Crippen LogP contribution >= 0.6 is 11.6 Å². The SMILES string of the molecule is CNc1cc(Cl)cc(NC)c1. The third-order valence-electron chi connectivity index (χ3n) is 1.48. The smallest absolute Gasteiger partial charge is 0.0447 e. The zero-order chi connectivity index (χ0) is 8.27. The van der Waals surface area contributed by atoms with Gasteiger partial charge < -0.3 is 10.6 Å². The van der Waals surface area contributed by atoms with Crippen molar-refractivity contribution in [3.8, 4) is 0 Å². The maximum Gasteiger partial charge on any atom is 0.0447 e. The summed E-state index contributed by atoms with van der Waals surface area (Å²) < 4.78 is 0. The summed E-state index contributed by atoms with van der Waals surface area (Å²) in [5.74, 6) is 0. The van der Waals surface area contributed by atoms with Gasteiger partial charge in [-0.2, -0.15) is 0 Å². The molecule has 2 N–H and O–H groups in total. The average molecular weight is 171 g/mol. The number of hydrogen-bond acceptors (Lipinski definition) is 2. The molecule has 60 valence electrons. The lowest BCUT2D eigenvalue weighted by molar-refractivity contribution is 1.47. The first-order valence-corrected chi connectivity index (χ1v) is 3.80. The Hall–Kier alpha value is -0.890. The molecule has 0 saturated heterocycles. The van der Waals surface area contributed by atoms with Gasteiger partial charge in [0.15, 0.2) is 0 Å². The van der Waals surface area contributed by atoms with Crippen LogP contribution in [0.25, 0.3) is 0 Å². The highest BCUT2D eigenvalue weighted by Crippen LogP contribution is 2.21. The van der Waals surface area contributed by atoms with Gasteiger partial charge in [-0.1, -0.05) is 11.6 Å². The van der Waals surface area contributed by atoms with Crippen molar-refractivity contribution in [2.75, 3.05) is 24.7 Å². The highest BCUT2D eigenvalue weighted by atomic mass is 35.5. The van der Waals surface area contributed by atoms with Gasteiger partial charge in [0.25, 0.3) is 0 Å². The fourth-order valence-electron chi connectivity index (χ4n) is 0.878. The van der Waals surface area contributed by atoms with Crippen LogP contribution < -0.4 is 10.6 Å². The summed E-state index contributed by atoms with van der Waals surface area (Å²) in [5, 5.41) is 6.77. The molecule has 0 amide bonds. The molecule has 0 atom stereocenters. The maximum absolute atomic E-state index is 5.83. The van der Waals surface area contributed by atoms with Crippen molar-refractivity contribution in [2.45, 2.75) is 0 Å². The number of hydrogen-bond donors (Lipinski definition) is 2. The number of benzene rings is 1. The van der Waals surface area contributed by atoms with Crippen molar-refractivity contribution in [3.63, 3.8) is 0 Å². The van der Waals surface area contributed by atoms with Gasteiger partial charge in [0, 0.05) is 30.5 Å². The summed E-state index contributed by atoms with van der Waals surface area (Å²) in [7, 11) is 3.73. The molecule has 0 fully saturated rings. The van der Waals surface area contributed by atoms with Crippen LogP contribution in [0.15, 0.2) is 18.2 Å². The van der Waals surface area contributed by atoms with Gasteiger partial charge in [-0.05, 0) is 18.2 Å². The van der Waals surface area contributed by atoms with Gasteiger partial charge >= 0.3 is 0 Å². The number of anilines is 2. The lowest BCUT2D eigenvalue weighted by Gasteiger charge is -2.04. The van der Waals surface area contributed by atoms with Gasteiger partial charge in [-0.25, -0.2) is 0 Å². The minimum Gasteiger partial charge on any atom is -0.388 e. The van der Waals surface area contributed by atoms with Crippen LogP contribution in [0.2, 0.25) is 5.02 Å². The predicted molar refractivity (Wildman–Crippen MR) is 50.5 cm³/mol. The molecule has 0 aliphatic heterocycles. The highest BCUT2D eigenvalue weighted by molar-refractivity contribution is 6.31. The third kappa shape index (κ3) is 2.02. The maximum atomic E-state index is 5.83. The van der Waals surface area contributed by atoms with Gasteiger partial charge in [-0.15, -0.1) is 0 Å². The van der Waals surface area contributed by atoms with E-state index in [0.717, 1.165) is 16.4 Å². The first-order valence-electron chi connectivity index (χ1n) is 3.42. The first kappa shape index (κ1) is 8.21. The van der Waals surface area contributed by atoms with E-state index in [1.54, 1.807) is 0 Å². The average Bonchev–Trinajstić information content (AvgIpc) is 2.03. The molecule has 1 aromatic carbocycles. The van der Waals surface area contributed by atoms with Crippen LogP contribution in [0.4, 0.5) is 11.4 Å². The normalized spacial score (nSPS) is 9.36. The lowest BCUT2D eigenvalue weighted by atomic mass is 10.3. The summed E-state index contributed by atoms with van der Waals surface area (Å²) in [6.07, 6.45) is 0. The third-order valence-corrected chi connectivity index (χ3v) is 1.69. The minimum absolute atomic E-state index is 0.737. The molecular formula is C8H11ClN2. The first-order chi connectivity index (χ1) is 5.26. The molecular weight excluding hydrogens is 160 g/mol. The van der Waals surface area contributed by atoms with E-state index in [-0.39, 0.29) is 0 Å². The van der Waals surface area contributed by atoms with Crippen molar-refractivity contribution < 1.29 is 0 Å². The van der Waals surface area contributed by atoms with Gasteiger partial charge in [-0.3, -0.25) is 0 Å². The highest BCUT2D eigenvalue weighted by Gasteiger charge is 1.94. The van der Waals surface area contributed by atoms with Crippen LogP contribution in [0.1, 0.15) is 0 Å². The lowest BCUT2D eigenvalue weighted by Crippen LogP contribution is -1.91. The molecule has 0 radical (unpaired) electrons. The second-order valence-electron chi connectivity index (χ2n) is 2.23. The summed E-state index contributed by atoms with van der Waals surface area (Å²) >= 11 is 5.83. The van der Waals surface area contributed by atoms with Gasteiger partial charge in [0.2, 0.25) is 0 Å². The molecule has 0 aliphatic carbocycles. The molecule has 0 aromatic heterocycles. The Morgan fingerprint density at radius 1 is 1.00 bits per heavy atom. The zero-order valence-electron chi connectivity index (χ0n) is 6.61. The van der Waals surface area contributed by atoms with E-state index in [9.17, 15) is 0 Å². The summed E-state index contributed by atoms with van der Waals surface area (Å²) in [5.41, 5.74) is 2.03. The van der Waals surface area contributed by atoms with Gasteiger partial charge in [0.1, 0.15) is 0 Å². The van der Waals surface area contributed by atoms with Crippen molar-refractivity contribution in [3.05, 3.63) is 23.2 Å². The number of nitrogens with one attached hydrogen (secondary N) is 2. The van der Waals surface area contributed by atoms with Crippen molar-refractivity contribution in [2.24, 2.45) is 0 Å². The zero-order valence-corrected chi connectivity index (χ0v) is 7.37. The van der Waals surface area contributed by atoms with Crippen LogP contribution in [0, 0.1) is 0 Å². The summed E-state index contributed by atoms with van der Waals surface area (Å²) in [4.78, 5) is 0. The summed E-state index contributed by atoms with van der Waals surface area (Å²) in [6, 6.07) is 5.75. The van der Waals surface area contributed by atoms with Crippen LogP contribution in [0.3, 0.4) is 0 Å². The van der Waals surface area contributed by atoms with Gasteiger partial charge in [0.05, 0.1) is 0 Å². The van der Waals surface area contributed by atoms with Crippen LogP contribution in [-0.4, -0.2) is 14.1 Å². The molecule has 0 aliphatic rings. The molecule has 0 heterocycles. The molecule has 1 aromatic rings. The molecule has 0 saturated carbocycles. The standard InChI is InChI=1S/C8H11ClN2/c1-10-7-3-6(9)4-8(5-7)11-2/h3-5,10-11H,1-2H3. The van der Waals surface area contributed by atoms with E-state index in [4.69, 9.17) is 11.6 Å². The molecule has 2 nitrogen and oxygen atoms in total. The molecule has 0 unspecified atom stereocenters. The van der Waals surface area contributed by atoms with Crippen LogP contribution in [0.5, 0.6) is 0 Å². The van der Waals surface area contributed by atoms with E-state index in [0.29, 0.717) is 0 Å². The predicted octanol–water partition coefficient (Wildman–Crippen LogP) is 2.42. The topological polar surface area (TPSA) is 24.1 Å². The Morgan fingerprint density at radius 3 is 1.82 bits per heavy atom. The second-order valence-corrected chi connectivity index (χ2v) is 2.67. The fraction of sp³-hybridized carbons (Fsp3) is 0.250. The van der Waals surface area contributed by atoms with Crippen molar-refractivity contribution in [1.82, 2.24) is 0 Å². The van der Waals surface area contributed by atoms with E-state index >= 15 is 0 Å². The minimum atomic E-state index is 0.737. The largest absolute Gasteiger partial charge is 0.388 e.